The molecule has 4 heteroatoms. The number of benzene rings is 1. The number of thiophene rings is 1. The van der Waals surface area contributed by atoms with E-state index in [0.717, 1.165) is 17.1 Å². The monoisotopic (exact) mass is 247 g/mol. The molecule has 0 bridgehead atoms. The lowest BCUT2D eigenvalue weighted by atomic mass is 10.2. The molecule has 2 aromatic rings. The van der Waals surface area contributed by atoms with Crippen LogP contribution in [-0.2, 0) is 4.79 Å². The Bertz CT molecular complexity index is 491. The minimum Gasteiger partial charge on any atom is -0.497 e. The van der Waals surface area contributed by atoms with Crippen LogP contribution in [0, 0.1) is 0 Å². The number of methoxy groups -OCH3 is 1. The average molecular weight is 247 g/mol. The number of hydrogen-bond acceptors (Lipinski definition) is 3. The molecular formula is C13H13NO2S. The summed E-state index contributed by atoms with van der Waals surface area (Å²) in [5, 5.41) is 3.90. The molecule has 0 aliphatic rings. The largest absolute Gasteiger partial charge is 0.497 e. The van der Waals surface area contributed by atoms with E-state index in [1.807, 2.05) is 41.1 Å². The molecule has 0 aliphatic carbocycles. The molecule has 0 saturated carbocycles. The van der Waals surface area contributed by atoms with Crippen molar-refractivity contribution in [3.05, 3.63) is 41.1 Å². The zero-order valence-electron chi connectivity index (χ0n) is 9.71. The van der Waals surface area contributed by atoms with E-state index in [0.29, 0.717) is 0 Å². The minimum atomic E-state index is -0.00596. The lowest BCUT2D eigenvalue weighted by molar-refractivity contribution is -0.115. The van der Waals surface area contributed by atoms with Gasteiger partial charge in [-0.25, -0.2) is 0 Å². The van der Waals surface area contributed by atoms with Gasteiger partial charge in [-0.1, -0.05) is 0 Å². The molecule has 0 spiro atoms. The Labute approximate surface area is 104 Å². The molecule has 3 nitrogen and oxygen atoms in total. The van der Waals surface area contributed by atoms with Crippen molar-refractivity contribution in [2.24, 2.45) is 0 Å². The Hall–Kier alpha value is -1.81. The summed E-state index contributed by atoms with van der Waals surface area (Å²) in [6.07, 6.45) is 0. The molecule has 17 heavy (non-hydrogen) atoms. The van der Waals surface area contributed by atoms with Crippen LogP contribution in [0.3, 0.4) is 0 Å². The average Bonchev–Trinajstić information content (AvgIpc) is 2.83. The number of carbonyl (C=O) groups excluding carboxylic acids is 1. The van der Waals surface area contributed by atoms with Crippen molar-refractivity contribution < 1.29 is 9.53 Å². The first kappa shape index (κ1) is 11.7. The van der Waals surface area contributed by atoms with Gasteiger partial charge in [-0.15, -0.1) is 0 Å². The highest BCUT2D eigenvalue weighted by atomic mass is 32.1. The quantitative estimate of drug-likeness (QED) is 0.831. The first-order valence-electron chi connectivity index (χ1n) is 5.19. The van der Waals surface area contributed by atoms with Crippen LogP contribution in [0.5, 0.6) is 5.75 Å². The van der Waals surface area contributed by atoms with Crippen molar-refractivity contribution >= 4 is 28.6 Å². The first-order chi connectivity index (χ1) is 8.22. The fourth-order valence-electron chi connectivity index (χ4n) is 1.63. The third-order valence-electron chi connectivity index (χ3n) is 2.41. The van der Waals surface area contributed by atoms with Gasteiger partial charge >= 0.3 is 0 Å². The molecule has 0 unspecified atom stereocenters. The molecule has 0 fully saturated rings. The summed E-state index contributed by atoms with van der Waals surface area (Å²) in [4.78, 5) is 13.4. The van der Waals surface area contributed by atoms with Crippen molar-refractivity contribution in [1.82, 2.24) is 0 Å². The summed E-state index contributed by atoms with van der Waals surface area (Å²) < 4.78 is 5.10. The van der Waals surface area contributed by atoms with Gasteiger partial charge in [0.05, 0.1) is 12.8 Å². The van der Waals surface area contributed by atoms with Gasteiger partial charge in [0, 0.05) is 18.0 Å². The number of ether oxygens (including phenoxy) is 1. The molecule has 0 aliphatic heterocycles. The molecule has 2 rings (SSSR count). The van der Waals surface area contributed by atoms with E-state index < -0.39 is 0 Å². The molecule has 0 atom stereocenters. The van der Waals surface area contributed by atoms with Gasteiger partial charge in [-0.05, 0) is 35.7 Å². The van der Waals surface area contributed by atoms with Crippen LogP contribution < -0.4 is 9.64 Å². The van der Waals surface area contributed by atoms with Crippen LogP contribution in [0.4, 0.5) is 11.4 Å². The van der Waals surface area contributed by atoms with Gasteiger partial charge in [0.25, 0.3) is 0 Å². The second kappa shape index (κ2) is 5.01. The zero-order valence-corrected chi connectivity index (χ0v) is 10.5. The van der Waals surface area contributed by atoms with Gasteiger partial charge in [0.2, 0.25) is 5.91 Å². The Morgan fingerprint density at radius 2 is 1.88 bits per heavy atom. The molecule has 1 amide bonds. The number of hydrogen-bond donors (Lipinski definition) is 0. The van der Waals surface area contributed by atoms with Crippen LogP contribution in [0.25, 0.3) is 0 Å². The van der Waals surface area contributed by atoms with Crippen molar-refractivity contribution in [2.75, 3.05) is 12.0 Å². The lowest BCUT2D eigenvalue weighted by Crippen LogP contribution is -2.21. The van der Waals surface area contributed by atoms with Gasteiger partial charge < -0.3 is 4.74 Å². The van der Waals surface area contributed by atoms with Gasteiger partial charge in [0.1, 0.15) is 5.75 Å². The number of anilines is 2. The Morgan fingerprint density at radius 3 is 2.35 bits per heavy atom. The Kier molecular flexibility index (Phi) is 3.44. The molecule has 88 valence electrons. The van der Waals surface area contributed by atoms with E-state index in [9.17, 15) is 4.79 Å². The predicted octanol–water partition coefficient (Wildman–Crippen LogP) is 3.44. The summed E-state index contributed by atoms with van der Waals surface area (Å²) in [6.45, 7) is 1.56. The molecule has 0 N–H and O–H groups in total. The number of rotatable bonds is 3. The molecule has 1 heterocycles. The molecular weight excluding hydrogens is 234 g/mol. The minimum absolute atomic E-state index is 0.00596. The highest BCUT2D eigenvalue weighted by Crippen LogP contribution is 2.28. The fraction of sp³-hybridized carbons (Fsp3) is 0.154. The van der Waals surface area contributed by atoms with Crippen molar-refractivity contribution in [2.45, 2.75) is 6.92 Å². The van der Waals surface area contributed by atoms with Crippen LogP contribution in [0.15, 0.2) is 41.1 Å². The van der Waals surface area contributed by atoms with Crippen LogP contribution in [0.1, 0.15) is 6.92 Å². The van der Waals surface area contributed by atoms with Crippen molar-refractivity contribution in [1.29, 1.82) is 0 Å². The summed E-state index contributed by atoms with van der Waals surface area (Å²) in [5.41, 5.74) is 1.74. The molecule has 1 aromatic heterocycles. The van der Waals surface area contributed by atoms with Crippen LogP contribution in [0.2, 0.25) is 0 Å². The normalized spacial score (nSPS) is 10.0. The maximum absolute atomic E-state index is 11.7. The Balaban J connectivity index is 2.36. The summed E-state index contributed by atoms with van der Waals surface area (Å²) >= 11 is 1.57. The number of carbonyl (C=O) groups is 1. The Morgan fingerprint density at radius 1 is 1.18 bits per heavy atom. The zero-order chi connectivity index (χ0) is 12.3. The number of nitrogens with zero attached hydrogens (tertiary/aromatic N) is 1. The highest BCUT2D eigenvalue weighted by Gasteiger charge is 2.14. The van der Waals surface area contributed by atoms with E-state index in [-0.39, 0.29) is 5.91 Å². The van der Waals surface area contributed by atoms with Gasteiger partial charge in [-0.2, -0.15) is 11.3 Å². The molecule has 0 radical (unpaired) electrons. The maximum atomic E-state index is 11.7. The predicted molar refractivity (Wildman–Crippen MR) is 70.1 cm³/mol. The maximum Gasteiger partial charge on any atom is 0.228 e. The van der Waals surface area contributed by atoms with E-state index in [1.165, 1.54) is 0 Å². The van der Waals surface area contributed by atoms with Crippen molar-refractivity contribution in [3.63, 3.8) is 0 Å². The second-order valence-electron chi connectivity index (χ2n) is 3.53. The van der Waals surface area contributed by atoms with Crippen LogP contribution >= 0.6 is 11.3 Å². The van der Waals surface area contributed by atoms with Gasteiger partial charge in [-0.3, -0.25) is 9.69 Å². The second-order valence-corrected chi connectivity index (χ2v) is 4.31. The fourth-order valence-corrected chi connectivity index (χ4v) is 2.25. The van der Waals surface area contributed by atoms with E-state index in [1.54, 1.807) is 30.3 Å². The summed E-state index contributed by atoms with van der Waals surface area (Å²) in [7, 11) is 1.62. The van der Waals surface area contributed by atoms with E-state index in [2.05, 4.69) is 0 Å². The highest BCUT2D eigenvalue weighted by molar-refractivity contribution is 7.08. The smallest absolute Gasteiger partial charge is 0.228 e. The molecule has 0 saturated heterocycles. The third kappa shape index (κ3) is 2.47. The lowest BCUT2D eigenvalue weighted by Gasteiger charge is -2.19. The first-order valence-corrected chi connectivity index (χ1v) is 6.13. The van der Waals surface area contributed by atoms with Crippen molar-refractivity contribution in [3.8, 4) is 5.75 Å². The van der Waals surface area contributed by atoms with Crippen LogP contribution in [-0.4, -0.2) is 13.0 Å². The van der Waals surface area contributed by atoms with E-state index in [4.69, 9.17) is 4.74 Å². The van der Waals surface area contributed by atoms with Gasteiger partial charge in [0.15, 0.2) is 0 Å². The standard InChI is InChI=1S/C13H13NO2S/c1-10(15)14(12-7-8-17-9-12)11-3-5-13(16-2)6-4-11/h3-9H,1-2H3. The summed E-state index contributed by atoms with van der Waals surface area (Å²) in [5.74, 6) is 0.774. The number of amides is 1. The SMILES string of the molecule is COc1ccc(N(C(C)=O)c2ccsc2)cc1. The summed E-state index contributed by atoms with van der Waals surface area (Å²) in [6, 6.07) is 9.36. The topological polar surface area (TPSA) is 29.5 Å². The van der Waals surface area contributed by atoms with E-state index >= 15 is 0 Å². The third-order valence-corrected chi connectivity index (χ3v) is 3.08. The molecule has 1 aromatic carbocycles.